The molecule has 0 fully saturated rings. The van der Waals surface area contributed by atoms with Gasteiger partial charge in [0.05, 0.1) is 17.6 Å². The topological polar surface area (TPSA) is 89.2 Å². The van der Waals surface area contributed by atoms with E-state index in [1.54, 1.807) is 36.4 Å². The minimum atomic E-state index is -0.364. The van der Waals surface area contributed by atoms with Crippen LogP contribution in [0.15, 0.2) is 77.4 Å². The van der Waals surface area contributed by atoms with E-state index >= 15 is 0 Å². The highest BCUT2D eigenvalue weighted by Gasteiger charge is 2.11. The molecule has 0 radical (unpaired) electrons. The van der Waals surface area contributed by atoms with Crippen molar-refractivity contribution in [3.8, 4) is 5.69 Å². The molecule has 4 rings (SSSR count). The summed E-state index contributed by atoms with van der Waals surface area (Å²) in [6.45, 7) is 4.51. The molecule has 2 amide bonds. The van der Waals surface area contributed by atoms with Crippen LogP contribution in [0.2, 0.25) is 0 Å². The van der Waals surface area contributed by atoms with Gasteiger partial charge in [-0.3, -0.25) is 9.59 Å². The quantitative estimate of drug-likeness (QED) is 0.459. The summed E-state index contributed by atoms with van der Waals surface area (Å²) in [5.41, 5.74) is 5.21. The van der Waals surface area contributed by atoms with Crippen molar-refractivity contribution in [1.29, 1.82) is 0 Å². The van der Waals surface area contributed by atoms with Crippen molar-refractivity contribution in [3.05, 3.63) is 101 Å². The number of aromatic nitrogens is 2. The summed E-state index contributed by atoms with van der Waals surface area (Å²) in [4.78, 5) is 24.6. The van der Waals surface area contributed by atoms with Gasteiger partial charge in [-0.2, -0.15) is 5.10 Å². The molecule has 7 heteroatoms. The lowest BCUT2D eigenvalue weighted by molar-refractivity contribution is 0.0952. The number of carbonyl (C=O) groups is 2. The van der Waals surface area contributed by atoms with E-state index in [2.05, 4.69) is 15.7 Å². The second kappa shape index (κ2) is 9.34. The summed E-state index contributed by atoms with van der Waals surface area (Å²) in [7, 11) is 0. The van der Waals surface area contributed by atoms with E-state index < -0.39 is 0 Å². The summed E-state index contributed by atoms with van der Waals surface area (Å²) in [6.07, 6.45) is 2.14. The van der Waals surface area contributed by atoms with Crippen LogP contribution in [-0.4, -0.2) is 28.1 Å². The number of amides is 2. The number of aryl methyl sites for hydroxylation is 2. The fourth-order valence-corrected chi connectivity index (χ4v) is 3.46. The lowest BCUT2D eigenvalue weighted by Gasteiger charge is -2.09. The molecule has 0 saturated carbocycles. The molecule has 0 saturated heterocycles. The molecule has 0 aliphatic heterocycles. The lowest BCUT2D eigenvalue weighted by atomic mass is 10.1. The van der Waals surface area contributed by atoms with Gasteiger partial charge in [0.15, 0.2) is 5.76 Å². The highest BCUT2D eigenvalue weighted by atomic mass is 16.3. The van der Waals surface area contributed by atoms with Crippen LogP contribution in [0.25, 0.3) is 5.69 Å². The number of furan rings is 1. The predicted molar refractivity (Wildman–Crippen MR) is 122 cm³/mol. The fraction of sp³-hybridized carbons (Fsp3) is 0.160. The van der Waals surface area contributed by atoms with Gasteiger partial charge in [0.2, 0.25) is 0 Å². The SMILES string of the molecule is Cc1cc(C)n(-c2ccc(CCNC(=O)c3cccc(NC(=O)c4ccco4)c3)cc2)n1. The number of hydrogen-bond acceptors (Lipinski definition) is 4. The maximum atomic E-state index is 12.5. The maximum absolute atomic E-state index is 12.5. The molecule has 4 aromatic rings. The first-order chi connectivity index (χ1) is 15.5. The molecule has 0 atom stereocenters. The standard InChI is InChI=1S/C25H24N4O3/c1-17-15-18(2)29(28-17)22-10-8-19(9-11-22)12-13-26-24(30)20-5-3-6-21(16-20)27-25(31)23-7-4-14-32-23/h3-11,14-16H,12-13H2,1-2H3,(H,26,30)(H,27,31). The van der Waals surface area contributed by atoms with Crippen LogP contribution in [0.1, 0.15) is 37.9 Å². The van der Waals surface area contributed by atoms with Crippen LogP contribution < -0.4 is 10.6 Å². The first-order valence-electron chi connectivity index (χ1n) is 10.4. The molecule has 2 aromatic carbocycles. The van der Waals surface area contributed by atoms with Crippen molar-refractivity contribution >= 4 is 17.5 Å². The third kappa shape index (κ3) is 4.95. The fourth-order valence-electron chi connectivity index (χ4n) is 3.46. The normalized spacial score (nSPS) is 10.7. The van der Waals surface area contributed by atoms with Crippen LogP contribution in [0, 0.1) is 13.8 Å². The molecule has 162 valence electrons. The van der Waals surface area contributed by atoms with Crippen molar-refractivity contribution in [1.82, 2.24) is 15.1 Å². The Hall–Kier alpha value is -4.13. The van der Waals surface area contributed by atoms with Crippen molar-refractivity contribution < 1.29 is 14.0 Å². The van der Waals surface area contributed by atoms with Crippen LogP contribution in [0.5, 0.6) is 0 Å². The number of benzene rings is 2. The Bertz CT molecular complexity index is 1220. The zero-order valence-corrected chi connectivity index (χ0v) is 18.0. The lowest BCUT2D eigenvalue weighted by Crippen LogP contribution is -2.25. The maximum Gasteiger partial charge on any atom is 0.291 e. The molecule has 0 aliphatic carbocycles. The van der Waals surface area contributed by atoms with Crippen molar-refractivity contribution in [3.63, 3.8) is 0 Å². The monoisotopic (exact) mass is 428 g/mol. The average molecular weight is 428 g/mol. The van der Waals surface area contributed by atoms with Crippen molar-refractivity contribution in [2.75, 3.05) is 11.9 Å². The summed E-state index contributed by atoms with van der Waals surface area (Å²) in [5, 5.41) is 10.1. The molecule has 2 heterocycles. The van der Waals surface area contributed by atoms with Gasteiger partial charge in [-0.05, 0) is 74.4 Å². The molecule has 0 unspecified atom stereocenters. The Balaban J connectivity index is 1.31. The zero-order chi connectivity index (χ0) is 22.5. The Morgan fingerprint density at radius 2 is 1.78 bits per heavy atom. The van der Waals surface area contributed by atoms with E-state index in [9.17, 15) is 9.59 Å². The predicted octanol–water partition coefficient (Wildman–Crippen LogP) is 4.31. The number of carbonyl (C=O) groups excluding carboxylic acids is 2. The van der Waals surface area contributed by atoms with E-state index in [4.69, 9.17) is 4.42 Å². The van der Waals surface area contributed by atoms with Crippen LogP contribution in [0.3, 0.4) is 0 Å². The highest BCUT2D eigenvalue weighted by Crippen LogP contribution is 2.14. The number of rotatable bonds is 7. The molecular formula is C25H24N4O3. The average Bonchev–Trinajstić information content (AvgIpc) is 3.44. The number of nitrogens with zero attached hydrogens (tertiary/aromatic N) is 2. The molecular weight excluding hydrogens is 404 g/mol. The Kier molecular flexibility index (Phi) is 6.17. The molecule has 7 nitrogen and oxygen atoms in total. The zero-order valence-electron chi connectivity index (χ0n) is 18.0. The number of hydrogen-bond donors (Lipinski definition) is 2. The second-order valence-electron chi connectivity index (χ2n) is 7.52. The largest absolute Gasteiger partial charge is 0.459 e. The molecule has 0 aliphatic rings. The van der Waals surface area contributed by atoms with Gasteiger partial charge in [0.1, 0.15) is 0 Å². The molecule has 2 N–H and O–H groups in total. The summed E-state index contributed by atoms with van der Waals surface area (Å²) < 4.78 is 7.00. The molecule has 0 bridgehead atoms. The van der Waals surface area contributed by atoms with Crippen molar-refractivity contribution in [2.45, 2.75) is 20.3 Å². The Morgan fingerprint density at radius 1 is 0.969 bits per heavy atom. The van der Waals surface area contributed by atoms with Crippen molar-refractivity contribution in [2.24, 2.45) is 0 Å². The van der Waals surface area contributed by atoms with Crippen LogP contribution >= 0.6 is 0 Å². The summed E-state index contributed by atoms with van der Waals surface area (Å²) in [6, 6.07) is 20.2. The number of anilines is 1. The van der Waals surface area contributed by atoms with E-state index in [0.717, 1.165) is 22.6 Å². The van der Waals surface area contributed by atoms with Crippen LogP contribution in [-0.2, 0) is 6.42 Å². The number of nitrogens with one attached hydrogen (secondary N) is 2. The van der Waals surface area contributed by atoms with Gasteiger partial charge in [0, 0.05) is 23.5 Å². The van der Waals surface area contributed by atoms with Gasteiger partial charge in [-0.25, -0.2) is 4.68 Å². The third-order valence-electron chi connectivity index (χ3n) is 5.02. The Morgan fingerprint density at radius 3 is 2.47 bits per heavy atom. The smallest absolute Gasteiger partial charge is 0.291 e. The molecule has 0 spiro atoms. The Labute approximate surface area is 186 Å². The van der Waals surface area contributed by atoms with E-state index in [1.165, 1.54) is 6.26 Å². The van der Waals surface area contributed by atoms with Gasteiger partial charge >= 0.3 is 0 Å². The highest BCUT2D eigenvalue weighted by molar-refractivity contribution is 6.03. The third-order valence-corrected chi connectivity index (χ3v) is 5.02. The van der Waals surface area contributed by atoms with Gasteiger partial charge in [0.25, 0.3) is 11.8 Å². The first kappa shape index (κ1) is 21.1. The van der Waals surface area contributed by atoms with Gasteiger partial charge in [-0.15, -0.1) is 0 Å². The van der Waals surface area contributed by atoms with E-state index in [0.29, 0.717) is 24.2 Å². The minimum absolute atomic E-state index is 0.196. The minimum Gasteiger partial charge on any atom is -0.459 e. The molecule has 2 aromatic heterocycles. The van der Waals surface area contributed by atoms with Gasteiger partial charge < -0.3 is 15.1 Å². The van der Waals surface area contributed by atoms with Crippen LogP contribution in [0.4, 0.5) is 5.69 Å². The summed E-state index contributed by atoms with van der Waals surface area (Å²) >= 11 is 0. The first-order valence-corrected chi connectivity index (χ1v) is 10.4. The summed E-state index contributed by atoms with van der Waals surface area (Å²) in [5.74, 6) is -0.349. The van der Waals surface area contributed by atoms with E-state index in [1.807, 2.05) is 48.9 Å². The van der Waals surface area contributed by atoms with Gasteiger partial charge in [-0.1, -0.05) is 18.2 Å². The second-order valence-corrected chi connectivity index (χ2v) is 7.52. The molecule has 32 heavy (non-hydrogen) atoms. The van der Waals surface area contributed by atoms with E-state index in [-0.39, 0.29) is 17.6 Å².